The Morgan fingerprint density at radius 3 is 2.31 bits per heavy atom. The third kappa shape index (κ3) is 12.6. The highest BCUT2D eigenvalue weighted by atomic mass is 32.2. The van der Waals surface area contributed by atoms with Crippen molar-refractivity contribution >= 4 is 34.0 Å². The zero-order valence-corrected chi connectivity index (χ0v) is 21.3. The van der Waals surface area contributed by atoms with Crippen LogP contribution in [0.4, 0.5) is 4.79 Å². The van der Waals surface area contributed by atoms with Crippen molar-refractivity contribution in [1.82, 2.24) is 16.0 Å². The molecule has 0 saturated carbocycles. The number of unbranched alkanes of at least 4 members (excludes halogenated alkanes) is 1. The van der Waals surface area contributed by atoms with E-state index in [1.54, 1.807) is 24.3 Å². The minimum atomic E-state index is -3.34. The van der Waals surface area contributed by atoms with Gasteiger partial charge in [0.15, 0.2) is 9.84 Å². The zero-order chi connectivity index (χ0) is 27.1. The number of carbonyl (C=O) groups excluding carboxylic acids is 4. The summed E-state index contributed by atoms with van der Waals surface area (Å²) < 4.78 is 27.2. The third-order valence-corrected chi connectivity index (χ3v) is 6.00. The first-order valence-corrected chi connectivity index (χ1v) is 13.6. The van der Waals surface area contributed by atoms with E-state index in [4.69, 9.17) is 10.5 Å². The Morgan fingerprint density at radius 1 is 1.08 bits per heavy atom. The quantitative estimate of drug-likeness (QED) is 0.133. The normalized spacial score (nSPS) is 14.6. The van der Waals surface area contributed by atoms with E-state index in [1.807, 2.05) is 6.07 Å². The van der Waals surface area contributed by atoms with Crippen LogP contribution in [-0.4, -0.2) is 87.1 Å². The van der Waals surface area contributed by atoms with Gasteiger partial charge in [0, 0.05) is 6.26 Å². The van der Waals surface area contributed by atoms with Crippen LogP contribution >= 0.6 is 0 Å². The van der Waals surface area contributed by atoms with Crippen molar-refractivity contribution in [1.29, 1.82) is 0 Å². The summed E-state index contributed by atoms with van der Waals surface area (Å²) in [5.74, 6) is -1.92. The molecule has 1 aromatic rings. The molecule has 0 unspecified atom stereocenters. The molecule has 13 heteroatoms. The summed E-state index contributed by atoms with van der Waals surface area (Å²) >= 11 is 0. The number of nitrogens with two attached hydrogens (primary N) is 1. The minimum absolute atomic E-state index is 0.156. The number of carbonyl (C=O) groups is 4. The number of aliphatic hydroxyl groups excluding tert-OH is 1. The smallest absolute Gasteiger partial charge is 0.407 e. The van der Waals surface area contributed by atoms with Crippen LogP contribution in [-0.2, 0) is 35.4 Å². The molecule has 0 aliphatic rings. The number of aldehydes is 1. The average Bonchev–Trinajstić information content (AvgIpc) is 2.80. The number of rotatable bonds is 16. The Hall–Kier alpha value is -3.03. The van der Waals surface area contributed by atoms with Crippen LogP contribution < -0.4 is 21.7 Å². The van der Waals surface area contributed by atoms with Gasteiger partial charge in [-0.2, -0.15) is 0 Å². The van der Waals surface area contributed by atoms with Crippen LogP contribution in [0.15, 0.2) is 30.3 Å². The molecule has 1 aromatic carbocycles. The molecule has 3 amide bonds. The molecule has 6 N–H and O–H groups in total. The molecule has 1 rings (SSSR count). The summed E-state index contributed by atoms with van der Waals surface area (Å²) in [5.41, 5.74) is 6.30. The highest BCUT2D eigenvalue weighted by molar-refractivity contribution is 7.90. The van der Waals surface area contributed by atoms with Gasteiger partial charge in [-0.15, -0.1) is 0 Å². The summed E-state index contributed by atoms with van der Waals surface area (Å²) in [6.45, 7) is 1.27. The number of ether oxygens (including phenoxy) is 1. The molecule has 0 spiro atoms. The molecule has 0 bridgehead atoms. The van der Waals surface area contributed by atoms with E-state index in [0.717, 1.165) is 11.8 Å². The number of benzene rings is 1. The van der Waals surface area contributed by atoms with Gasteiger partial charge >= 0.3 is 6.09 Å². The van der Waals surface area contributed by atoms with Crippen LogP contribution in [0.2, 0.25) is 0 Å². The summed E-state index contributed by atoms with van der Waals surface area (Å²) in [6, 6.07) is 5.56. The van der Waals surface area contributed by atoms with Crippen LogP contribution in [0.25, 0.3) is 0 Å². The first kappa shape index (κ1) is 31.0. The van der Waals surface area contributed by atoms with E-state index in [9.17, 15) is 32.7 Å². The van der Waals surface area contributed by atoms with E-state index in [2.05, 4.69) is 16.0 Å². The van der Waals surface area contributed by atoms with E-state index in [1.165, 1.54) is 6.92 Å². The number of aliphatic hydroxyl groups is 1. The Bertz CT molecular complexity index is 956. The highest BCUT2D eigenvalue weighted by Crippen LogP contribution is 2.06. The molecule has 0 radical (unpaired) electrons. The fourth-order valence-corrected chi connectivity index (χ4v) is 3.55. The largest absolute Gasteiger partial charge is 0.448 e. The van der Waals surface area contributed by atoms with Crippen molar-refractivity contribution in [3.8, 4) is 0 Å². The maximum atomic E-state index is 12.9. The Labute approximate surface area is 211 Å². The molecule has 0 aliphatic carbocycles. The highest BCUT2D eigenvalue weighted by Gasteiger charge is 2.31. The van der Waals surface area contributed by atoms with Crippen molar-refractivity contribution in [3.05, 3.63) is 35.9 Å². The zero-order valence-electron chi connectivity index (χ0n) is 20.5. The molecular formula is C23H36N4O8S. The lowest BCUT2D eigenvalue weighted by molar-refractivity contribution is -0.133. The first-order chi connectivity index (χ1) is 17.0. The molecule has 0 fully saturated rings. The maximum absolute atomic E-state index is 12.9. The number of amides is 3. The van der Waals surface area contributed by atoms with Gasteiger partial charge in [0.2, 0.25) is 11.8 Å². The van der Waals surface area contributed by atoms with Crippen molar-refractivity contribution in [2.75, 3.05) is 25.2 Å². The van der Waals surface area contributed by atoms with Gasteiger partial charge < -0.3 is 36.3 Å². The van der Waals surface area contributed by atoms with Gasteiger partial charge in [0.1, 0.15) is 25.0 Å². The molecule has 0 aliphatic heterocycles. The van der Waals surface area contributed by atoms with Gasteiger partial charge in [-0.1, -0.05) is 30.3 Å². The molecule has 202 valence electrons. The molecule has 0 saturated heterocycles. The Balaban J connectivity index is 2.83. The van der Waals surface area contributed by atoms with E-state index in [0.29, 0.717) is 25.7 Å². The fourth-order valence-electron chi connectivity index (χ4n) is 3.16. The van der Waals surface area contributed by atoms with Crippen LogP contribution in [0.3, 0.4) is 0 Å². The van der Waals surface area contributed by atoms with Gasteiger partial charge in [-0.3, -0.25) is 9.59 Å². The number of nitrogens with one attached hydrogen (secondary N) is 3. The number of hydrogen-bond donors (Lipinski definition) is 5. The van der Waals surface area contributed by atoms with Gasteiger partial charge in [0.05, 0.1) is 17.9 Å². The molecule has 4 atom stereocenters. The number of alkyl carbamates (subject to hydrolysis) is 1. The second-order valence-electron chi connectivity index (χ2n) is 8.41. The van der Waals surface area contributed by atoms with Crippen molar-refractivity contribution in [2.24, 2.45) is 5.73 Å². The van der Waals surface area contributed by atoms with Gasteiger partial charge in [0.25, 0.3) is 0 Å². The molecule has 12 nitrogen and oxygen atoms in total. The molecule has 0 heterocycles. The maximum Gasteiger partial charge on any atom is 0.407 e. The topological polar surface area (TPSA) is 194 Å². The Morgan fingerprint density at radius 2 is 1.75 bits per heavy atom. The SMILES string of the molecule is C[C@@H](O)[C@H](NC(=O)[C@H](CCCCN)NC(=O)OCCS(C)(=O)=O)C(=O)N[C@H](C=O)Cc1ccccc1. The van der Waals surface area contributed by atoms with Gasteiger partial charge in [-0.25, -0.2) is 13.2 Å². The Kier molecular flexibility index (Phi) is 13.7. The summed E-state index contributed by atoms with van der Waals surface area (Å²) in [6.07, 6.45) is 0.646. The lowest BCUT2D eigenvalue weighted by atomic mass is 10.0. The molecular weight excluding hydrogens is 492 g/mol. The second-order valence-corrected chi connectivity index (χ2v) is 10.7. The van der Waals surface area contributed by atoms with Crippen LogP contribution in [0.5, 0.6) is 0 Å². The van der Waals surface area contributed by atoms with Crippen molar-refractivity contribution in [2.45, 2.75) is 56.8 Å². The lowest BCUT2D eigenvalue weighted by Gasteiger charge is -2.25. The predicted molar refractivity (Wildman–Crippen MR) is 133 cm³/mol. The number of sulfone groups is 1. The van der Waals surface area contributed by atoms with E-state index >= 15 is 0 Å². The van der Waals surface area contributed by atoms with Gasteiger partial charge in [-0.05, 0) is 44.7 Å². The third-order valence-electron chi connectivity index (χ3n) is 5.10. The predicted octanol–water partition coefficient (Wildman–Crippen LogP) is -0.953. The van der Waals surface area contributed by atoms with Crippen LogP contribution in [0.1, 0.15) is 31.7 Å². The summed E-state index contributed by atoms with van der Waals surface area (Å²) in [4.78, 5) is 49.3. The monoisotopic (exact) mass is 528 g/mol. The number of hydrogen-bond acceptors (Lipinski definition) is 9. The van der Waals surface area contributed by atoms with Crippen molar-refractivity contribution in [3.63, 3.8) is 0 Å². The summed E-state index contributed by atoms with van der Waals surface area (Å²) in [7, 11) is -3.34. The first-order valence-electron chi connectivity index (χ1n) is 11.6. The fraction of sp³-hybridized carbons (Fsp3) is 0.565. The average molecular weight is 529 g/mol. The second kappa shape index (κ2) is 15.9. The van der Waals surface area contributed by atoms with E-state index < -0.39 is 58.6 Å². The van der Waals surface area contributed by atoms with E-state index in [-0.39, 0.29) is 18.6 Å². The molecule has 36 heavy (non-hydrogen) atoms. The minimum Gasteiger partial charge on any atom is -0.448 e. The summed E-state index contributed by atoms with van der Waals surface area (Å²) in [5, 5.41) is 17.4. The molecule has 0 aromatic heterocycles. The van der Waals surface area contributed by atoms with Crippen molar-refractivity contribution < 1.29 is 37.4 Å². The lowest BCUT2D eigenvalue weighted by Crippen LogP contribution is -2.58. The standard InChI is InChI=1S/C23H36N4O8S/c1-16(29)20(22(31)25-18(15-28)14-17-8-4-3-5-9-17)27-21(30)19(10-6-7-11-24)26-23(32)35-12-13-36(2,33)34/h3-5,8-9,15-16,18-20,29H,6-7,10-14,24H2,1-2H3,(H,25,31)(H,26,32)(H,27,30)/t16-,18+,19+,20+/m1/s1. The van der Waals surface area contributed by atoms with Crippen LogP contribution in [0, 0.1) is 0 Å².